The first-order valence-corrected chi connectivity index (χ1v) is 14.9. The maximum atomic E-state index is 13.5. The van der Waals surface area contributed by atoms with Gasteiger partial charge in [-0.2, -0.15) is 0 Å². The van der Waals surface area contributed by atoms with Crippen LogP contribution in [0.4, 0.5) is 5.69 Å². The van der Waals surface area contributed by atoms with Gasteiger partial charge in [0.25, 0.3) is 0 Å². The molecule has 1 heterocycles. The van der Waals surface area contributed by atoms with Crippen LogP contribution in [-0.2, 0) is 25.1 Å². The summed E-state index contributed by atoms with van der Waals surface area (Å²) in [7, 11) is 18.5. The molecule has 3 N–H and O–H groups in total. The van der Waals surface area contributed by atoms with Gasteiger partial charge in [-0.25, -0.2) is 4.79 Å². The third-order valence-corrected chi connectivity index (χ3v) is 8.35. The van der Waals surface area contributed by atoms with Crippen LogP contribution in [0.3, 0.4) is 0 Å². The van der Waals surface area contributed by atoms with E-state index in [1.54, 1.807) is 6.20 Å². The first-order chi connectivity index (χ1) is 20.0. The number of nitrogens with one attached hydrogen (secondary N) is 1. The van der Waals surface area contributed by atoms with Crippen LogP contribution >= 0.6 is 0 Å². The lowest BCUT2D eigenvalue weighted by atomic mass is 9.37. The number of fused-ring (bicyclic) bond motifs is 1. The highest BCUT2D eigenvalue weighted by Crippen LogP contribution is 2.28. The van der Waals surface area contributed by atoms with Gasteiger partial charge in [0.2, 0.25) is 5.91 Å². The van der Waals surface area contributed by atoms with Crippen LogP contribution in [0.25, 0.3) is 10.8 Å². The zero-order chi connectivity index (χ0) is 31.7. The molecule has 0 bridgehead atoms. The van der Waals surface area contributed by atoms with Crippen molar-refractivity contribution in [1.29, 1.82) is 0 Å². The molecule has 1 aromatic heterocycles. The largest absolute Gasteiger partial charge is 0.464 e. The third-order valence-electron chi connectivity index (χ3n) is 8.35. The molecule has 0 saturated carbocycles. The number of nitrogens with zero attached hydrogens (tertiary/aromatic N) is 1. The van der Waals surface area contributed by atoms with E-state index in [0.717, 1.165) is 33.1 Å². The Morgan fingerprint density at radius 2 is 1.51 bits per heavy atom. The van der Waals surface area contributed by atoms with Gasteiger partial charge in [-0.3, -0.25) is 9.78 Å². The molecule has 2 atom stereocenters. The standard InChI is InChI=1S/C28H36B9N3O3/c29-22-19-8-6-18(11-15(19)9-10-39-22)40-25(42)26(31,13-38)16-3-1-14(2-4-16)23(30)43-24(41)20-7-5-17(27(32,33)34)12-21(20)28(35,36)37/h1-12,23H,13,29-38H2,(H,40,42). The van der Waals surface area contributed by atoms with Gasteiger partial charge in [0.05, 0.1) is 64.0 Å². The van der Waals surface area contributed by atoms with Gasteiger partial charge in [0, 0.05) is 24.0 Å². The fourth-order valence-corrected chi connectivity index (χ4v) is 5.24. The van der Waals surface area contributed by atoms with Crippen molar-refractivity contribution in [2.45, 2.75) is 21.5 Å². The molecule has 4 aromatic rings. The number of amides is 1. The van der Waals surface area contributed by atoms with Gasteiger partial charge < -0.3 is 15.8 Å². The van der Waals surface area contributed by atoms with Crippen molar-refractivity contribution in [2.24, 2.45) is 5.73 Å². The molecule has 208 valence electrons. The van der Waals surface area contributed by atoms with E-state index in [2.05, 4.69) is 63.4 Å². The van der Waals surface area contributed by atoms with E-state index < -0.39 is 11.3 Å². The minimum Gasteiger partial charge on any atom is -0.464 e. The summed E-state index contributed by atoms with van der Waals surface area (Å²) in [5, 5.41) is 3.88. The highest BCUT2D eigenvalue weighted by atomic mass is 16.5. The maximum absolute atomic E-state index is 13.5. The number of anilines is 1. The van der Waals surface area contributed by atoms with E-state index in [1.807, 2.05) is 84.2 Å². The van der Waals surface area contributed by atoms with E-state index in [1.165, 1.54) is 5.56 Å². The van der Waals surface area contributed by atoms with Gasteiger partial charge in [-0.05, 0) is 46.2 Å². The zero-order valence-electron chi connectivity index (χ0n) is 27.0. The summed E-state index contributed by atoms with van der Waals surface area (Å²) in [6, 6.07) is 20.8. The third kappa shape index (κ3) is 7.04. The van der Waals surface area contributed by atoms with Crippen LogP contribution in [0.5, 0.6) is 0 Å². The van der Waals surface area contributed by atoms with Crippen molar-refractivity contribution < 1.29 is 14.3 Å². The van der Waals surface area contributed by atoms with Crippen molar-refractivity contribution in [3.05, 3.63) is 101 Å². The summed E-state index contributed by atoms with van der Waals surface area (Å²) in [5.74, 6) is -0.546. The second kappa shape index (κ2) is 12.3. The molecule has 0 spiro atoms. The highest BCUT2D eigenvalue weighted by Gasteiger charge is 2.34. The van der Waals surface area contributed by atoms with Gasteiger partial charge in [-0.15, -0.1) is 0 Å². The summed E-state index contributed by atoms with van der Waals surface area (Å²) in [6.07, 6.45) is 1.76. The van der Waals surface area contributed by atoms with Gasteiger partial charge in [0.15, 0.2) is 15.7 Å². The van der Waals surface area contributed by atoms with Crippen LogP contribution in [0.1, 0.15) is 38.6 Å². The summed E-state index contributed by atoms with van der Waals surface area (Å²) >= 11 is 0. The van der Waals surface area contributed by atoms with Crippen molar-refractivity contribution in [3.63, 3.8) is 0 Å². The lowest BCUT2D eigenvalue weighted by molar-refractivity contribution is -0.118. The molecule has 43 heavy (non-hydrogen) atoms. The topological polar surface area (TPSA) is 94.3 Å². The first kappa shape index (κ1) is 32.5. The summed E-state index contributed by atoms with van der Waals surface area (Å²) in [5.41, 5.74) is 12.2. The molecule has 6 nitrogen and oxygen atoms in total. The minimum atomic E-state index is -0.960. The Hall–Kier alpha value is -3.45. The number of benzene rings is 3. The van der Waals surface area contributed by atoms with Crippen LogP contribution in [0.2, 0.25) is 0 Å². The average Bonchev–Trinajstić information content (AvgIpc) is 2.95. The fraction of sp³-hybridized carbons (Fsp3) is 0.179. The molecule has 0 fully saturated rings. The number of hydrogen-bond acceptors (Lipinski definition) is 5. The van der Waals surface area contributed by atoms with Crippen LogP contribution in [0.15, 0.2) is 72.9 Å². The van der Waals surface area contributed by atoms with Gasteiger partial charge in [-0.1, -0.05) is 63.8 Å². The fourth-order valence-electron chi connectivity index (χ4n) is 5.24. The van der Waals surface area contributed by atoms with E-state index in [-0.39, 0.29) is 28.6 Å². The number of carbonyl (C=O) groups is 2. The van der Waals surface area contributed by atoms with E-state index in [0.29, 0.717) is 11.3 Å². The van der Waals surface area contributed by atoms with Crippen molar-refractivity contribution in [1.82, 2.24) is 4.98 Å². The molecular weight excluding hydrogens is 524 g/mol. The number of nitrogens with two attached hydrogens (primary N) is 1. The monoisotopic (exact) mass is 561 g/mol. The maximum Gasteiger partial charge on any atom is 0.338 e. The van der Waals surface area contributed by atoms with Crippen LogP contribution in [0, 0.1) is 0 Å². The summed E-state index contributed by atoms with van der Waals surface area (Å²) in [4.78, 5) is 31.2. The number of ether oxygens (including phenoxy) is 1. The molecule has 0 aliphatic heterocycles. The number of hydrogen-bond donors (Lipinski definition) is 2. The highest BCUT2D eigenvalue weighted by molar-refractivity contribution is 6.60. The quantitative estimate of drug-likeness (QED) is 0.158. The predicted octanol–water partition coefficient (Wildman–Crippen LogP) is -5.57. The molecule has 0 radical (unpaired) electrons. The van der Waals surface area contributed by atoms with Gasteiger partial charge >= 0.3 is 5.97 Å². The summed E-state index contributed by atoms with van der Waals surface area (Å²) in [6.45, 7) is 0.124. The normalized spacial score (nSPS) is 14.0. The first-order valence-electron chi connectivity index (χ1n) is 14.9. The Morgan fingerprint density at radius 3 is 2.12 bits per heavy atom. The van der Waals surface area contributed by atoms with E-state index >= 15 is 0 Å². The Balaban J connectivity index is 1.51. The van der Waals surface area contributed by atoms with E-state index in [4.69, 9.17) is 10.5 Å². The Labute approximate surface area is 263 Å². The van der Waals surface area contributed by atoms with Crippen molar-refractivity contribution in [2.75, 3.05) is 11.9 Å². The van der Waals surface area contributed by atoms with Crippen molar-refractivity contribution in [3.8, 4) is 0 Å². The summed E-state index contributed by atoms with van der Waals surface area (Å²) < 4.78 is 5.96. The average molecular weight is 560 g/mol. The lowest BCUT2D eigenvalue weighted by Gasteiger charge is -2.28. The molecule has 4 rings (SSSR count). The van der Waals surface area contributed by atoms with Crippen LogP contribution < -0.4 is 16.6 Å². The number of esters is 1. The second-order valence-electron chi connectivity index (χ2n) is 13.8. The number of carbonyl (C=O) groups excluding carboxylic acids is 2. The van der Waals surface area contributed by atoms with Crippen LogP contribution in [-0.4, -0.2) is 94.0 Å². The number of aromatic nitrogens is 1. The van der Waals surface area contributed by atoms with E-state index in [9.17, 15) is 9.59 Å². The van der Waals surface area contributed by atoms with Crippen molar-refractivity contribution >= 4 is 105 Å². The Bertz CT molecular complexity index is 1670. The van der Waals surface area contributed by atoms with Gasteiger partial charge in [0.1, 0.15) is 7.85 Å². The molecule has 1 amide bonds. The molecule has 0 aliphatic carbocycles. The number of rotatable bonds is 9. The second-order valence-corrected chi connectivity index (χ2v) is 13.8. The predicted molar refractivity (Wildman–Crippen MR) is 202 cm³/mol. The number of pyridine rings is 1. The molecule has 0 saturated heterocycles. The molecule has 3 aromatic carbocycles. The molecule has 2 unspecified atom stereocenters. The SMILES string of the molecule is Bc1nccc2cc(NC(=O)C(B)(CN)c3ccc(C(B)OC(=O)c4ccc(C(B)(B)B)cc4C(B)(B)B)cc3)ccc12. The zero-order valence-corrected chi connectivity index (χ0v) is 27.0. The Kier molecular flexibility index (Phi) is 9.27. The lowest BCUT2D eigenvalue weighted by Crippen LogP contribution is -2.47. The Morgan fingerprint density at radius 1 is 0.860 bits per heavy atom. The smallest absolute Gasteiger partial charge is 0.338 e. The molecule has 0 aliphatic rings. The molecule has 15 heteroatoms. The minimum absolute atomic E-state index is 0.0290. The molecular formula is C28H36B9N3O3.